The van der Waals surface area contributed by atoms with Gasteiger partial charge in [0.1, 0.15) is 11.2 Å². The summed E-state index contributed by atoms with van der Waals surface area (Å²) in [5.41, 5.74) is -1.36. The second-order valence-electron chi connectivity index (χ2n) is 7.68. The van der Waals surface area contributed by atoms with Crippen molar-refractivity contribution in [1.82, 2.24) is 14.9 Å². The molecule has 26 heavy (non-hydrogen) atoms. The highest BCUT2D eigenvalue weighted by atomic mass is 19.1. The molecule has 140 valence electrons. The summed E-state index contributed by atoms with van der Waals surface area (Å²) >= 11 is 0. The molecule has 1 aliphatic heterocycles. The highest BCUT2D eigenvalue weighted by Crippen LogP contribution is 2.26. The van der Waals surface area contributed by atoms with Gasteiger partial charge in [-0.25, -0.2) is 14.2 Å². The second-order valence-corrected chi connectivity index (χ2v) is 7.68. The molecule has 3 heterocycles. The van der Waals surface area contributed by atoms with Gasteiger partial charge in [-0.05, 0) is 33.8 Å². The summed E-state index contributed by atoms with van der Waals surface area (Å²) in [6.45, 7) is 9.55. The van der Waals surface area contributed by atoms with Gasteiger partial charge in [-0.3, -0.25) is 4.79 Å². The van der Waals surface area contributed by atoms with Crippen molar-refractivity contribution in [3.63, 3.8) is 0 Å². The number of anilines is 1. The minimum Gasteiger partial charge on any atom is -0.477 e. The molecular weight excluding hydrogens is 339 g/mol. The van der Waals surface area contributed by atoms with Crippen LogP contribution in [-0.2, 0) is 5.54 Å². The third-order valence-corrected chi connectivity index (χ3v) is 4.53. The molecule has 0 spiro atoms. The Kier molecular flexibility index (Phi) is 4.47. The van der Waals surface area contributed by atoms with Crippen LogP contribution in [0, 0.1) is 5.82 Å². The Labute approximate surface area is 150 Å². The van der Waals surface area contributed by atoms with Gasteiger partial charge >= 0.3 is 5.97 Å². The predicted molar refractivity (Wildman–Crippen MR) is 97.6 cm³/mol. The molecular formula is C18H23FN4O3. The van der Waals surface area contributed by atoms with Crippen molar-refractivity contribution >= 4 is 22.8 Å². The maximum absolute atomic E-state index is 14.8. The highest BCUT2D eigenvalue weighted by molar-refractivity contribution is 5.92. The van der Waals surface area contributed by atoms with Crippen LogP contribution in [0.15, 0.2) is 17.1 Å². The first-order valence-electron chi connectivity index (χ1n) is 8.57. The molecule has 2 N–H and O–H groups in total. The number of fused-ring (bicyclic) bond motifs is 1. The summed E-state index contributed by atoms with van der Waals surface area (Å²) in [5, 5.41) is 12.6. The summed E-state index contributed by atoms with van der Waals surface area (Å²) < 4.78 is 16.4. The topological polar surface area (TPSA) is 87.5 Å². The van der Waals surface area contributed by atoms with Crippen molar-refractivity contribution < 1.29 is 14.3 Å². The van der Waals surface area contributed by atoms with E-state index < -0.39 is 28.3 Å². The molecule has 1 unspecified atom stereocenters. The number of halogens is 1. The Bertz CT molecular complexity index is 933. The Morgan fingerprint density at radius 3 is 2.69 bits per heavy atom. The average Bonchev–Trinajstić information content (AvgIpc) is 2.53. The zero-order valence-electron chi connectivity index (χ0n) is 15.3. The van der Waals surface area contributed by atoms with Gasteiger partial charge in [0.05, 0.1) is 5.39 Å². The standard InChI is InChI=1S/C18H23FN4O3/c1-10-8-22(6-5-20-10)16-13(19)7-11-14(24)12(17(25)26)9-23(15(11)21-16)18(2,3)4/h7,9-10,20H,5-6,8H2,1-4H3,(H,25,26). The van der Waals surface area contributed by atoms with Crippen molar-refractivity contribution in [3.8, 4) is 0 Å². The summed E-state index contributed by atoms with van der Waals surface area (Å²) in [5.74, 6) is -1.77. The smallest absolute Gasteiger partial charge is 0.341 e. The van der Waals surface area contributed by atoms with Crippen LogP contribution in [0.2, 0.25) is 0 Å². The number of rotatable bonds is 2. The molecule has 0 aromatic carbocycles. The fraction of sp³-hybridized carbons (Fsp3) is 0.500. The van der Waals surface area contributed by atoms with Crippen LogP contribution in [0.5, 0.6) is 0 Å². The van der Waals surface area contributed by atoms with E-state index >= 15 is 0 Å². The first kappa shape index (κ1) is 18.3. The van der Waals surface area contributed by atoms with Crippen molar-refractivity contribution in [2.24, 2.45) is 0 Å². The normalized spacial score (nSPS) is 18.3. The number of nitrogens with one attached hydrogen (secondary N) is 1. The number of hydrogen-bond donors (Lipinski definition) is 2. The molecule has 7 nitrogen and oxygen atoms in total. The number of piperazine rings is 1. The largest absolute Gasteiger partial charge is 0.477 e. The van der Waals surface area contributed by atoms with Gasteiger partial charge in [0.25, 0.3) is 0 Å². The zero-order valence-corrected chi connectivity index (χ0v) is 15.3. The fourth-order valence-electron chi connectivity index (χ4n) is 3.22. The van der Waals surface area contributed by atoms with Gasteiger partial charge in [-0.2, -0.15) is 0 Å². The molecule has 2 aromatic heterocycles. The number of hydrogen-bond acceptors (Lipinski definition) is 5. The Morgan fingerprint density at radius 1 is 1.42 bits per heavy atom. The predicted octanol–water partition coefficient (Wildman–Crippen LogP) is 1.79. The molecule has 0 radical (unpaired) electrons. The minimum atomic E-state index is -1.34. The lowest BCUT2D eigenvalue weighted by Gasteiger charge is -2.33. The van der Waals surface area contributed by atoms with Crippen LogP contribution in [0.4, 0.5) is 10.2 Å². The molecule has 0 bridgehead atoms. The van der Waals surface area contributed by atoms with Gasteiger partial charge in [0.2, 0.25) is 5.43 Å². The van der Waals surface area contributed by atoms with Crippen molar-refractivity contribution in [2.75, 3.05) is 24.5 Å². The molecule has 1 saturated heterocycles. The van der Waals surface area contributed by atoms with E-state index in [0.29, 0.717) is 19.6 Å². The zero-order chi connectivity index (χ0) is 19.2. The van der Waals surface area contributed by atoms with E-state index in [1.165, 1.54) is 6.20 Å². The number of carboxylic acids is 1. The summed E-state index contributed by atoms with van der Waals surface area (Å²) in [4.78, 5) is 30.3. The monoisotopic (exact) mass is 362 g/mol. The van der Waals surface area contributed by atoms with Gasteiger partial charge < -0.3 is 19.9 Å². The molecule has 3 rings (SSSR count). The molecule has 1 atom stereocenters. The number of pyridine rings is 2. The van der Waals surface area contributed by atoms with E-state index in [2.05, 4.69) is 10.3 Å². The first-order valence-corrected chi connectivity index (χ1v) is 8.57. The van der Waals surface area contributed by atoms with E-state index in [4.69, 9.17) is 0 Å². The quantitative estimate of drug-likeness (QED) is 0.847. The first-order chi connectivity index (χ1) is 12.1. The van der Waals surface area contributed by atoms with Crippen molar-refractivity contribution in [1.29, 1.82) is 0 Å². The molecule has 1 fully saturated rings. The van der Waals surface area contributed by atoms with Crippen LogP contribution in [0.3, 0.4) is 0 Å². The number of nitrogens with zero attached hydrogens (tertiary/aromatic N) is 3. The molecule has 0 saturated carbocycles. The molecule has 8 heteroatoms. The lowest BCUT2D eigenvalue weighted by Crippen LogP contribution is -2.49. The summed E-state index contributed by atoms with van der Waals surface area (Å²) in [6.07, 6.45) is 1.29. The maximum Gasteiger partial charge on any atom is 0.341 e. The Morgan fingerprint density at radius 2 is 2.12 bits per heavy atom. The second kappa shape index (κ2) is 6.35. The van der Waals surface area contributed by atoms with Crippen LogP contribution in [0.1, 0.15) is 38.1 Å². The molecule has 0 amide bonds. The van der Waals surface area contributed by atoms with E-state index in [9.17, 15) is 19.1 Å². The maximum atomic E-state index is 14.8. The Balaban J connectivity index is 2.30. The SMILES string of the molecule is CC1CN(c2nc3c(cc2F)c(=O)c(C(=O)O)cn3C(C)(C)C)CCN1. The molecule has 1 aliphatic rings. The van der Waals surface area contributed by atoms with Crippen LogP contribution in [-0.4, -0.2) is 46.3 Å². The van der Waals surface area contributed by atoms with Gasteiger partial charge in [-0.1, -0.05) is 0 Å². The van der Waals surface area contributed by atoms with E-state index in [0.717, 1.165) is 6.07 Å². The number of aromatic nitrogens is 2. The number of aromatic carboxylic acids is 1. The number of carbonyl (C=O) groups is 1. The molecule has 2 aromatic rings. The van der Waals surface area contributed by atoms with Crippen LogP contribution < -0.4 is 15.6 Å². The highest BCUT2D eigenvalue weighted by Gasteiger charge is 2.26. The van der Waals surface area contributed by atoms with Crippen molar-refractivity contribution in [2.45, 2.75) is 39.3 Å². The van der Waals surface area contributed by atoms with Crippen LogP contribution in [0.25, 0.3) is 11.0 Å². The lowest BCUT2D eigenvalue weighted by molar-refractivity contribution is 0.0694. The Hall–Kier alpha value is -2.48. The lowest BCUT2D eigenvalue weighted by atomic mass is 10.1. The fourth-order valence-corrected chi connectivity index (χ4v) is 3.22. The van der Waals surface area contributed by atoms with E-state index in [1.54, 1.807) is 4.57 Å². The van der Waals surface area contributed by atoms with E-state index in [-0.39, 0.29) is 22.9 Å². The van der Waals surface area contributed by atoms with Gasteiger partial charge in [0.15, 0.2) is 11.6 Å². The summed E-state index contributed by atoms with van der Waals surface area (Å²) in [6, 6.07) is 1.31. The minimum absolute atomic E-state index is 0.0238. The third kappa shape index (κ3) is 3.16. The van der Waals surface area contributed by atoms with Crippen molar-refractivity contribution in [3.05, 3.63) is 33.9 Å². The van der Waals surface area contributed by atoms with E-state index in [1.807, 2.05) is 32.6 Å². The van der Waals surface area contributed by atoms with Crippen LogP contribution >= 0.6 is 0 Å². The summed E-state index contributed by atoms with van der Waals surface area (Å²) in [7, 11) is 0. The van der Waals surface area contributed by atoms with Gasteiger partial charge in [-0.15, -0.1) is 0 Å². The molecule has 0 aliphatic carbocycles. The number of carboxylic acid groups (broad SMARTS) is 1. The average molecular weight is 362 g/mol. The van der Waals surface area contributed by atoms with Gasteiger partial charge in [0, 0.05) is 37.4 Å². The third-order valence-electron chi connectivity index (χ3n) is 4.53.